The number of oxime groups is 1. The van der Waals surface area contributed by atoms with Gasteiger partial charge >= 0.3 is 5.97 Å². The van der Waals surface area contributed by atoms with Crippen LogP contribution in [-0.2, 0) is 9.63 Å². The van der Waals surface area contributed by atoms with Gasteiger partial charge in [-0.15, -0.1) is 0 Å². The Morgan fingerprint density at radius 1 is 0.966 bits per heavy atom. The smallest absolute Gasteiger partial charge is 0.308 e. The highest BCUT2D eigenvalue weighted by atomic mass is 16.6. The van der Waals surface area contributed by atoms with E-state index < -0.39 is 5.97 Å². The molecule has 29 heavy (non-hydrogen) atoms. The second kappa shape index (κ2) is 9.89. The van der Waals surface area contributed by atoms with E-state index in [9.17, 15) is 4.79 Å². The summed E-state index contributed by atoms with van der Waals surface area (Å²) in [6.07, 6.45) is 1.66. The van der Waals surface area contributed by atoms with Gasteiger partial charge in [-0.05, 0) is 30.3 Å². The molecule has 0 unspecified atom stereocenters. The lowest BCUT2D eigenvalue weighted by molar-refractivity contribution is -0.131. The van der Waals surface area contributed by atoms with Gasteiger partial charge in [0.05, 0.1) is 0 Å². The molecule has 1 aromatic heterocycles. The monoisotopic (exact) mass is 392 g/mol. The van der Waals surface area contributed by atoms with Gasteiger partial charge in [-0.1, -0.05) is 29.4 Å². The summed E-state index contributed by atoms with van der Waals surface area (Å²) < 4.78 is 16.6. The predicted molar refractivity (Wildman–Crippen MR) is 108 cm³/mol. The molecule has 0 aliphatic carbocycles. The summed E-state index contributed by atoms with van der Waals surface area (Å²) in [5.41, 5.74) is 1.34. The summed E-state index contributed by atoms with van der Waals surface area (Å²) in [7, 11) is 1.47. The Kier molecular flexibility index (Phi) is 6.78. The molecule has 0 fully saturated rings. The molecule has 0 bridgehead atoms. The third-order valence-corrected chi connectivity index (χ3v) is 3.67. The average Bonchev–Trinajstić information content (AvgIpc) is 2.72. The highest BCUT2D eigenvalue weighted by Gasteiger charge is 2.09. The second-order valence-corrected chi connectivity index (χ2v) is 5.88. The molecule has 0 spiro atoms. The van der Waals surface area contributed by atoms with Crippen molar-refractivity contribution in [2.24, 2.45) is 5.16 Å². The standard InChI is InChI=1S/C22H20N2O5/c1-16(25)28-20-10-6-8-18(14-20)27-15-21(24-26-2)17-7-5-9-19(13-17)29-22-11-3-4-12-23-22/h3-14H,15H2,1-2H3. The first-order valence-corrected chi connectivity index (χ1v) is 8.84. The van der Waals surface area contributed by atoms with Crippen LogP contribution in [0.15, 0.2) is 78.1 Å². The molecule has 1 heterocycles. The topological polar surface area (TPSA) is 79.2 Å². The van der Waals surface area contributed by atoms with Crippen molar-refractivity contribution < 1.29 is 23.8 Å². The molecule has 0 aliphatic rings. The van der Waals surface area contributed by atoms with E-state index in [2.05, 4.69) is 10.1 Å². The maximum absolute atomic E-state index is 11.1. The molecule has 7 heteroatoms. The fourth-order valence-corrected chi connectivity index (χ4v) is 2.49. The zero-order valence-corrected chi connectivity index (χ0v) is 16.1. The van der Waals surface area contributed by atoms with Crippen molar-refractivity contribution in [1.82, 2.24) is 4.98 Å². The normalized spacial score (nSPS) is 10.9. The SMILES string of the molecule is CON=C(COc1cccc(OC(C)=O)c1)c1cccc(Oc2ccccn2)c1. The lowest BCUT2D eigenvalue weighted by Crippen LogP contribution is -2.13. The van der Waals surface area contributed by atoms with Gasteiger partial charge in [0.2, 0.25) is 5.88 Å². The van der Waals surface area contributed by atoms with Crippen molar-refractivity contribution in [2.75, 3.05) is 13.7 Å². The molecule has 3 rings (SSSR count). The molecule has 0 N–H and O–H groups in total. The zero-order chi connectivity index (χ0) is 20.5. The fraction of sp³-hybridized carbons (Fsp3) is 0.136. The van der Waals surface area contributed by atoms with E-state index in [0.717, 1.165) is 5.56 Å². The molecule has 0 saturated carbocycles. The van der Waals surface area contributed by atoms with Gasteiger partial charge in [-0.3, -0.25) is 4.79 Å². The Labute approximate surface area is 168 Å². The van der Waals surface area contributed by atoms with Gasteiger partial charge < -0.3 is 19.0 Å². The highest BCUT2D eigenvalue weighted by Crippen LogP contribution is 2.22. The van der Waals surface area contributed by atoms with E-state index in [-0.39, 0.29) is 6.61 Å². The van der Waals surface area contributed by atoms with Crippen LogP contribution < -0.4 is 14.2 Å². The number of hydrogen-bond acceptors (Lipinski definition) is 7. The Hall–Kier alpha value is -3.87. The summed E-state index contributed by atoms with van der Waals surface area (Å²) in [5, 5.41) is 4.06. The number of ether oxygens (including phenoxy) is 3. The van der Waals surface area contributed by atoms with E-state index in [1.165, 1.54) is 14.0 Å². The van der Waals surface area contributed by atoms with Crippen molar-refractivity contribution in [3.63, 3.8) is 0 Å². The molecule has 3 aromatic rings. The minimum absolute atomic E-state index is 0.143. The molecule has 0 aliphatic heterocycles. The molecule has 0 saturated heterocycles. The number of pyridine rings is 1. The summed E-state index contributed by atoms with van der Waals surface area (Å²) in [4.78, 5) is 20.2. The quantitative estimate of drug-likeness (QED) is 0.247. The number of hydrogen-bond donors (Lipinski definition) is 0. The third-order valence-electron chi connectivity index (χ3n) is 3.67. The second-order valence-electron chi connectivity index (χ2n) is 5.88. The zero-order valence-electron chi connectivity index (χ0n) is 16.1. The largest absolute Gasteiger partial charge is 0.487 e. The molecule has 0 atom stereocenters. The Balaban J connectivity index is 1.72. The Morgan fingerprint density at radius 2 is 1.76 bits per heavy atom. The van der Waals surface area contributed by atoms with Crippen LogP contribution in [-0.4, -0.2) is 30.4 Å². The maximum atomic E-state index is 11.1. The number of carbonyl (C=O) groups excluding carboxylic acids is 1. The number of benzene rings is 2. The van der Waals surface area contributed by atoms with Gasteiger partial charge in [-0.25, -0.2) is 4.98 Å². The number of esters is 1. The lowest BCUT2D eigenvalue weighted by atomic mass is 10.1. The lowest BCUT2D eigenvalue weighted by Gasteiger charge is -2.11. The van der Waals surface area contributed by atoms with Crippen LogP contribution in [0.4, 0.5) is 0 Å². The van der Waals surface area contributed by atoms with Gasteiger partial charge in [-0.2, -0.15) is 0 Å². The maximum Gasteiger partial charge on any atom is 0.308 e. The van der Waals surface area contributed by atoms with E-state index in [1.54, 1.807) is 36.5 Å². The first kappa shape index (κ1) is 19.9. The first-order valence-electron chi connectivity index (χ1n) is 8.84. The van der Waals surface area contributed by atoms with Crippen LogP contribution >= 0.6 is 0 Å². The molecule has 0 radical (unpaired) electrons. The molecular weight excluding hydrogens is 372 g/mol. The van der Waals surface area contributed by atoms with Gasteiger partial charge in [0.15, 0.2) is 0 Å². The summed E-state index contributed by atoms with van der Waals surface area (Å²) >= 11 is 0. The molecule has 0 amide bonds. The Bertz CT molecular complexity index is 989. The minimum atomic E-state index is -0.395. The van der Waals surface area contributed by atoms with Gasteiger partial charge in [0.25, 0.3) is 0 Å². The van der Waals surface area contributed by atoms with Crippen LogP contribution in [0.2, 0.25) is 0 Å². The molecule has 2 aromatic carbocycles. The average molecular weight is 392 g/mol. The van der Waals surface area contributed by atoms with E-state index in [0.29, 0.717) is 28.8 Å². The van der Waals surface area contributed by atoms with Crippen molar-refractivity contribution in [3.8, 4) is 23.1 Å². The predicted octanol–water partition coefficient (Wildman–Crippen LogP) is 4.23. The Morgan fingerprint density at radius 3 is 2.52 bits per heavy atom. The number of rotatable bonds is 8. The summed E-state index contributed by atoms with van der Waals surface area (Å²) in [6, 6.07) is 19.6. The number of carbonyl (C=O) groups is 1. The van der Waals surface area contributed by atoms with Crippen LogP contribution in [0, 0.1) is 0 Å². The summed E-state index contributed by atoms with van der Waals surface area (Å²) in [5.74, 6) is 1.66. The van der Waals surface area contributed by atoms with Crippen molar-refractivity contribution in [3.05, 3.63) is 78.5 Å². The van der Waals surface area contributed by atoms with Gasteiger partial charge in [0.1, 0.15) is 36.7 Å². The van der Waals surface area contributed by atoms with Gasteiger partial charge in [0, 0.05) is 30.8 Å². The molecule has 7 nitrogen and oxygen atoms in total. The fourth-order valence-electron chi connectivity index (χ4n) is 2.49. The van der Waals surface area contributed by atoms with E-state index in [4.69, 9.17) is 19.0 Å². The summed E-state index contributed by atoms with van der Waals surface area (Å²) in [6.45, 7) is 1.49. The minimum Gasteiger partial charge on any atom is -0.487 e. The first-order chi connectivity index (χ1) is 14.1. The van der Waals surface area contributed by atoms with Crippen LogP contribution in [0.25, 0.3) is 0 Å². The number of nitrogens with zero attached hydrogens (tertiary/aromatic N) is 2. The highest BCUT2D eigenvalue weighted by molar-refractivity contribution is 6.01. The van der Waals surface area contributed by atoms with E-state index >= 15 is 0 Å². The van der Waals surface area contributed by atoms with Crippen LogP contribution in [0.5, 0.6) is 23.1 Å². The van der Waals surface area contributed by atoms with E-state index in [1.807, 2.05) is 36.4 Å². The molecule has 148 valence electrons. The third kappa shape index (κ3) is 6.07. The van der Waals surface area contributed by atoms with Crippen molar-refractivity contribution >= 4 is 11.7 Å². The van der Waals surface area contributed by atoms with Crippen molar-refractivity contribution in [1.29, 1.82) is 0 Å². The molecular formula is C22H20N2O5. The van der Waals surface area contributed by atoms with Crippen molar-refractivity contribution in [2.45, 2.75) is 6.92 Å². The number of aromatic nitrogens is 1. The van der Waals surface area contributed by atoms with Crippen LogP contribution in [0.1, 0.15) is 12.5 Å². The van der Waals surface area contributed by atoms with Crippen LogP contribution in [0.3, 0.4) is 0 Å².